The molecule has 5 heteroatoms. The molecule has 3 rings (SSSR count). The van der Waals surface area contributed by atoms with Crippen molar-refractivity contribution < 1.29 is 9.53 Å². The number of benzene rings is 1. The van der Waals surface area contributed by atoms with E-state index in [0.29, 0.717) is 6.54 Å². The zero-order chi connectivity index (χ0) is 16.2. The summed E-state index contributed by atoms with van der Waals surface area (Å²) in [5, 5.41) is 4.19. The Morgan fingerprint density at radius 1 is 1.39 bits per heavy atom. The van der Waals surface area contributed by atoms with Gasteiger partial charge in [-0.05, 0) is 50.3 Å². The Morgan fingerprint density at radius 3 is 2.91 bits per heavy atom. The molecule has 0 aliphatic heterocycles. The summed E-state index contributed by atoms with van der Waals surface area (Å²) < 4.78 is 5.15. The van der Waals surface area contributed by atoms with Crippen molar-refractivity contribution in [2.24, 2.45) is 5.92 Å². The molecular weight excluding hydrogens is 308 g/mol. The first kappa shape index (κ1) is 16.0. The monoisotopic (exact) mass is 330 g/mol. The highest BCUT2D eigenvalue weighted by Gasteiger charge is 2.26. The molecule has 0 bridgehead atoms. The van der Waals surface area contributed by atoms with Crippen LogP contribution in [-0.2, 0) is 24.1 Å². The number of methoxy groups -OCH3 is 1. The number of nitrogens with zero attached hydrogens (tertiary/aromatic N) is 1. The van der Waals surface area contributed by atoms with Gasteiger partial charge in [0.25, 0.3) is 0 Å². The second-order valence-electron chi connectivity index (χ2n) is 5.93. The van der Waals surface area contributed by atoms with Gasteiger partial charge < -0.3 is 10.1 Å². The Labute approximate surface area is 140 Å². The van der Waals surface area contributed by atoms with Crippen LogP contribution in [0, 0.1) is 12.8 Å². The standard InChI is InChI=1S/C18H22N2O2S/c1-12-20-16-8-5-14(11-17(16)23-12)18(21)19-10-9-13-3-6-15(22-2)7-4-13/h3-4,6-7,14H,5,8-11H2,1-2H3,(H,19,21). The van der Waals surface area contributed by atoms with Crippen LogP contribution in [0.1, 0.15) is 27.6 Å². The molecule has 1 aromatic heterocycles. The van der Waals surface area contributed by atoms with Gasteiger partial charge in [0.05, 0.1) is 17.8 Å². The van der Waals surface area contributed by atoms with E-state index in [0.717, 1.165) is 36.4 Å². The first-order valence-corrected chi connectivity index (χ1v) is 8.83. The lowest BCUT2D eigenvalue weighted by Crippen LogP contribution is -2.35. The number of carbonyl (C=O) groups excluding carboxylic acids is 1. The van der Waals surface area contributed by atoms with E-state index in [9.17, 15) is 4.79 Å². The van der Waals surface area contributed by atoms with E-state index >= 15 is 0 Å². The summed E-state index contributed by atoms with van der Waals surface area (Å²) in [7, 11) is 1.66. The Hall–Kier alpha value is -1.88. The van der Waals surface area contributed by atoms with Crippen LogP contribution in [0.5, 0.6) is 5.75 Å². The molecule has 0 spiro atoms. The summed E-state index contributed by atoms with van der Waals surface area (Å²) >= 11 is 1.73. The highest BCUT2D eigenvalue weighted by atomic mass is 32.1. The van der Waals surface area contributed by atoms with Crippen molar-refractivity contribution in [3.8, 4) is 5.75 Å². The molecule has 0 saturated carbocycles. The molecule has 1 unspecified atom stereocenters. The van der Waals surface area contributed by atoms with Crippen LogP contribution in [0.3, 0.4) is 0 Å². The average Bonchev–Trinajstić information content (AvgIpc) is 2.94. The molecule has 23 heavy (non-hydrogen) atoms. The lowest BCUT2D eigenvalue weighted by atomic mass is 9.90. The zero-order valence-electron chi connectivity index (χ0n) is 13.6. The lowest BCUT2D eigenvalue weighted by molar-refractivity contribution is -0.125. The van der Waals surface area contributed by atoms with E-state index in [2.05, 4.69) is 10.3 Å². The largest absolute Gasteiger partial charge is 0.497 e. The van der Waals surface area contributed by atoms with Gasteiger partial charge in [-0.15, -0.1) is 11.3 Å². The average molecular weight is 330 g/mol. The minimum atomic E-state index is 0.0956. The Kier molecular flexibility index (Phi) is 4.96. The van der Waals surface area contributed by atoms with Gasteiger partial charge >= 0.3 is 0 Å². The second-order valence-corrected chi connectivity index (χ2v) is 7.22. The number of hydrogen-bond donors (Lipinski definition) is 1. The van der Waals surface area contributed by atoms with Gasteiger partial charge in [0.2, 0.25) is 5.91 Å². The number of nitrogens with one attached hydrogen (secondary N) is 1. The number of rotatable bonds is 5. The fourth-order valence-corrected chi connectivity index (χ4v) is 4.06. The first-order valence-electron chi connectivity index (χ1n) is 8.01. The van der Waals surface area contributed by atoms with Crippen molar-refractivity contribution in [2.45, 2.75) is 32.6 Å². The Balaban J connectivity index is 1.48. The molecule has 1 N–H and O–H groups in total. The summed E-state index contributed by atoms with van der Waals surface area (Å²) in [6.45, 7) is 2.71. The maximum absolute atomic E-state index is 12.4. The van der Waals surface area contributed by atoms with Crippen molar-refractivity contribution in [2.75, 3.05) is 13.7 Å². The van der Waals surface area contributed by atoms with Crippen LogP contribution >= 0.6 is 11.3 Å². The molecular formula is C18H22N2O2S. The van der Waals surface area contributed by atoms with Gasteiger partial charge in [0.15, 0.2) is 0 Å². The maximum Gasteiger partial charge on any atom is 0.223 e. The molecule has 0 radical (unpaired) electrons. The Morgan fingerprint density at radius 2 is 2.17 bits per heavy atom. The molecule has 1 aliphatic carbocycles. The molecule has 0 saturated heterocycles. The molecule has 2 aromatic rings. The third-order valence-corrected chi connectivity index (χ3v) is 5.32. The third-order valence-electron chi connectivity index (χ3n) is 4.29. The number of aryl methyl sites for hydroxylation is 2. The van der Waals surface area contributed by atoms with Gasteiger partial charge in [0, 0.05) is 17.3 Å². The van der Waals surface area contributed by atoms with E-state index in [1.54, 1.807) is 18.4 Å². The van der Waals surface area contributed by atoms with Crippen molar-refractivity contribution in [1.82, 2.24) is 10.3 Å². The number of carbonyl (C=O) groups is 1. The van der Waals surface area contributed by atoms with Crippen LogP contribution in [0.15, 0.2) is 24.3 Å². The van der Waals surface area contributed by atoms with E-state index in [1.807, 2.05) is 31.2 Å². The van der Waals surface area contributed by atoms with Gasteiger partial charge in [-0.2, -0.15) is 0 Å². The van der Waals surface area contributed by atoms with Crippen LogP contribution in [-0.4, -0.2) is 24.5 Å². The van der Waals surface area contributed by atoms with E-state index < -0.39 is 0 Å². The molecule has 1 aliphatic rings. The van der Waals surface area contributed by atoms with Gasteiger partial charge in [-0.3, -0.25) is 4.79 Å². The van der Waals surface area contributed by atoms with Crippen LogP contribution in [0.4, 0.5) is 0 Å². The summed E-state index contributed by atoms with van der Waals surface area (Å²) in [6, 6.07) is 7.98. The van der Waals surface area contributed by atoms with Crippen LogP contribution in [0.2, 0.25) is 0 Å². The summed E-state index contributed by atoms with van der Waals surface area (Å²) in [5.41, 5.74) is 2.41. The van der Waals surface area contributed by atoms with E-state index in [-0.39, 0.29) is 11.8 Å². The summed E-state index contributed by atoms with van der Waals surface area (Å²) in [5.74, 6) is 1.13. The van der Waals surface area contributed by atoms with Gasteiger partial charge in [-0.1, -0.05) is 12.1 Å². The Bertz CT molecular complexity index is 679. The van der Waals surface area contributed by atoms with Crippen molar-refractivity contribution >= 4 is 17.2 Å². The summed E-state index contributed by atoms with van der Waals surface area (Å²) in [4.78, 5) is 18.2. The number of ether oxygens (including phenoxy) is 1. The number of amides is 1. The van der Waals surface area contributed by atoms with E-state index in [4.69, 9.17) is 4.74 Å². The van der Waals surface area contributed by atoms with Crippen molar-refractivity contribution in [3.63, 3.8) is 0 Å². The fraction of sp³-hybridized carbons (Fsp3) is 0.444. The normalized spacial score (nSPS) is 16.7. The third kappa shape index (κ3) is 3.91. The minimum absolute atomic E-state index is 0.0956. The molecule has 1 atom stereocenters. The lowest BCUT2D eigenvalue weighted by Gasteiger charge is -2.20. The number of fused-ring (bicyclic) bond motifs is 1. The van der Waals surface area contributed by atoms with Crippen LogP contribution < -0.4 is 10.1 Å². The fourth-order valence-electron chi connectivity index (χ4n) is 2.99. The van der Waals surface area contributed by atoms with Crippen molar-refractivity contribution in [3.05, 3.63) is 45.4 Å². The van der Waals surface area contributed by atoms with Gasteiger partial charge in [0.1, 0.15) is 5.75 Å². The maximum atomic E-state index is 12.4. The predicted molar refractivity (Wildman–Crippen MR) is 92.1 cm³/mol. The van der Waals surface area contributed by atoms with Gasteiger partial charge in [-0.25, -0.2) is 4.98 Å². The predicted octanol–water partition coefficient (Wildman–Crippen LogP) is 2.92. The highest BCUT2D eigenvalue weighted by molar-refractivity contribution is 7.11. The second kappa shape index (κ2) is 7.13. The van der Waals surface area contributed by atoms with Crippen LogP contribution in [0.25, 0.3) is 0 Å². The first-order chi connectivity index (χ1) is 11.2. The summed E-state index contributed by atoms with van der Waals surface area (Å²) in [6.07, 6.45) is 3.52. The zero-order valence-corrected chi connectivity index (χ0v) is 14.4. The number of thiazole rings is 1. The van der Waals surface area contributed by atoms with E-state index in [1.165, 1.54) is 16.1 Å². The van der Waals surface area contributed by atoms with Crippen molar-refractivity contribution in [1.29, 1.82) is 0 Å². The number of aromatic nitrogens is 1. The quantitative estimate of drug-likeness (QED) is 0.917. The molecule has 1 amide bonds. The topological polar surface area (TPSA) is 51.2 Å². The molecule has 1 heterocycles. The minimum Gasteiger partial charge on any atom is -0.497 e. The smallest absolute Gasteiger partial charge is 0.223 e. The molecule has 122 valence electrons. The molecule has 4 nitrogen and oxygen atoms in total. The highest BCUT2D eigenvalue weighted by Crippen LogP contribution is 2.29. The number of hydrogen-bond acceptors (Lipinski definition) is 4. The SMILES string of the molecule is COc1ccc(CCNC(=O)C2CCc3nc(C)sc3C2)cc1. The molecule has 1 aromatic carbocycles. The molecule has 0 fully saturated rings.